The normalized spacial score (nSPS) is 25.4. The second-order valence-electron chi connectivity index (χ2n) is 4.46. The zero-order valence-corrected chi connectivity index (χ0v) is 13.3. The highest BCUT2D eigenvalue weighted by molar-refractivity contribution is 9.10. The summed E-state index contributed by atoms with van der Waals surface area (Å²) in [6, 6.07) is 0. The zero-order chi connectivity index (χ0) is 16.5. The first-order valence-corrected chi connectivity index (χ1v) is 8.26. The van der Waals surface area contributed by atoms with Gasteiger partial charge in [0.1, 0.15) is 12.3 Å². The number of aliphatic hydroxyl groups is 1. The molecule has 0 amide bonds. The Bertz CT molecular complexity index is 648. The molecule has 2 rings (SSSR count). The number of halogens is 1. The van der Waals surface area contributed by atoms with Crippen molar-refractivity contribution in [1.29, 1.82) is 0 Å². The van der Waals surface area contributed by atoms with E-state index in [-0.39, 0.29) is 16.7 Å². The molecule has 1 fully saturated rings. The minimum atomic E-state index is -4.68. The quantitative estimate of drug-likeness (QED) is 0.322. The number of phosphoric acid groups is 1. The molecule has 1 aliphatic rings. The standard InChI is InChI=1S/C9H13BrN3O8P/c10-4-2-13(9(15)11-8(4)12-16)7-1-5(14)6(21-7)3-20-22(17,18)19/h2,5-7,14,16H,1,3H2,(H,11,12,15)(H2,17,18,19)/t5-,6+,7+/m0/s1. The first kappa shape index (κ1) is 17.5. The summed E-state index contributed by atoms with van der Waals surface area (Å²) in [4.78, 5) is 32.7. The molecule has 0 radical (unpaired) electrons. The highest BCUT2D eigenvalue weighted by Crippen LogP contribution is 2.38. The molecule has 0 unspecified atom stereocenters. The Morgan fingerprint density at radius 3 is 2.86 bits per heavy atom. The lowest BCUT2D eigenvalue weighted by molar-refractivity contribution is -0.0451. The maximum atomic E-state index is 11.8. The lowest BCUT2D eigenvalue weighted by Gasteiger charge is -2.16. The molecule has 3 atom stereocenters. The van der Waals surface area contributed by atoms with Crippen LogP contribution in [0.2, 0.25) is 0 Å². The summed E-state index contributed by atoms with van der Waals surface area (Å²) in [5.41, 5.74) is 0.998. The van der Waals surface area contributed by atoms with Crippen LogP contribution in [0.5, 0.6) is 0 Å². The molecule has 5 N–H and O–H groups in total. The van der Waals surface area contributed by atoms with Gasteiger partial charge in [0.25, 0.3) is 0 Å². The fourth-order valence-corrected chi connectivity index (χ4v) is 2.68. The van der Waals surface area contributed by atoms with Crippen molar-refractivity contribution in [3.63, 3.8) is 0 Å². The summed E-state index contributed by atoms with van der Waals surface area (Å²) < 4.78 is 21.7. The van der Waals surface area contributed by atoms with Gasteiger partial charge in [0, 0.05) is 12.6 Å². The smallest absolute Gasteiger partial charge is 0.390 e. The van der Waals surface area contributed by atoms with Crippen molar-refractivity contribution in [2.45, 2.75) is 24.9 Å². The third-order valence-electron chi connectivity index (χ3n) is 2.93. The molecule has 11 nitrogen and oxygen atoms in total. The molecule has 0 spiro atoms. The summed E-state index contributed by atoms with van der Waals surface area (Å²) >= 11 is 3.09. The fourth-order valence-electron chi connectivity index (χ4n) is 1.94. The number of anilines is 1. The van der Waals surface area contributed by atoms with Crippen molar-refractivity contribution < 1.29 is 33.9 Å². The molecule has 0 aliphatic carbocycles. The lowest BCUT2D eigenvalue weighted by atomic mass is 10.2. The van der Waals surface area contributed by atoms with E-state index < -0.39 is 38.6 Å². The first-order chi connectivity index (χ1) is 10.2. The van der Waals surface area contributed by atoms with Crippen LogP contribution in [0, 0.1) is 0 Å². The Kier molecular flexibility index (Phi) is 5.35. The molecule has 1 aromatic heterocycles. The summed E-state index contributed by atoms with van der Waals surface area (Å²) in [5.74, 6) is -0.0822. The number of hydrogen-bond acceptors (Lipinski definition) is 8. The molecule has 124 valence electrons. The second-order valence-corrected chi connectivity index (χ2v) is 6.55. The number of hydrogen-bond donors (Lipinski definition) is 5. The van der Waals surface area contributed by atoms with Gasteiger partial charge in [0.05, 0.1) is 17.2 Å². The van der Waals surface area contributed by atoms with E-state index in [2.05, 4.69) is 25.4 Å². The molecule has 22 heavy (non-hydrogen) atoms. The molecule has 1 aromatic rings. The average molecular weight is 402 g/mol. The molecule has 1 aliphatic heterocycles. The minimum absolute atomic E-state index is 0.00904. The van der Waals surface area contributed by atoms with Crippen LogP contribution in [0.25, 0.3) is 0 Å². The zero-order valence-electron chi connectivity index (χ0n) is 10.9. The summed E-state index contributed by atoms with van der Waals surface area (Å²) in [5, 5.41) is 18.6. The predicted octanol–water partition coefficient (Wildman–Crippen LogP) is -0.435. The van der Waals surface area contributed by atoms with E-state index in [0.29, 0.717) is 0 Å². The Balaban J connectivity index is 2.14. The average Bonchev–Trinajstić information content (AvgIpc) is 2.79. The highest BCUT2D eigenvalue weighted by atomic mass is 79.9. The first-order valence-electron chi connectivity index (χ1n) is 5.93. The molecular formula is C9H13BrN3O8P. The molecular weight excluding hydrogens is 389 g/mol. The topological polar surface area (TPSA) is 163 Å². The van der Waals surface area contributed by atoms with Crippen molar-refractivity contribution in [1.82, 2.24) is 9.55 Å². The largest absolute Gasteiger partial charge is 0.469 e. The summed E-state index contributed by atoms with van der Waals surface area (Å²) in [6.45, 7) is -0.526. The maximum Gasteiger partial charge on any atom is 0.469 e. The van der Waals surface area contributed by atoms with E-state index in [1.165, 1.54) is 6.20 Å². The van der Waals surface area contributed by atoms with Crippen molar-refractivity contribution in [2.75, 3.05) is 12.1 Å². The highest BCUT2D eigenvalue weighted by Gasteiger charge is 2.37. The fraction of sp³-hybridized carbons (Fsp3) is 0.556. The van der Waals surface area contributed by atoms with Crippen LogP contribution in [-0.4, -0.2) is 48.5 Å². The van der Waals surface area contributed by atoms with Gasteiger partial charge in [-0.3, -0.25) is 19.8 Å². The maximum absolute atomic E-state index is 11.8. The predicted molar refractivity (Wildman–Crippen MR) is 74.1 cm³/mol. The van der Waals surface area contributed by atoms with E-state index in [1.54, 1.807) is 5.48 Å². The molecule has 2 heterocycles. The SMILES string of the molecule is O=c1nc(NO)c(Br)cn1[C@H]1C[C@H](O)[C@@H](COP(=O)(O)O)O1. The Labute approximate surface area is 131 Å². The summed E-state index contributed by atoms with van der Waals surface area (Å²) in [6.07, 6.45) is -1.65. The van der Waals surface area contributed by atoms with Crippen molar-refractivity contribution in [3.8, 4) is 0 Å². The number of aliphatic hydroxyl groups excluding tert-OH is 1. The monoisotopic (exact) mass is 401 g/mol. The lowest BCUT2D eigenvalue weighted by Crippen LogP contribution is -2.28. The van der Waals surface area contributed by atoms with Gasteiger partial charge in [-0.15, -0.1) is 0 Å². The third kappa shape index (κ3) is 4.12. The van der Waals surface area contributed by atoms with Crippen LogP contribution in [0.15, 0.2) is 15.5 Å². The Hall–Kier alpha value is -0.850. The minimum Gasteiger partial charge on any atom is -0.390 e. The van der Waals surface area contributed by atoms with Crippen LogP contribution >= 0.6 is 23.8 Å². The molecule has 1 saturated heterocycles. The van der Waals surface area contributed by atoms with E-state index in [4.69, 9.17) is 19.7 Å². The molecule has 0 bridgehead atoms. The van der Waals surface area contributed by atoms with E-state index in [1.807, 2.05) is 0 Å². The van der Waals surface area contributed by atoms with Gasteiger partial charge in [0.15, 0.2) is 5.82 Å². The Morgan fingerprint density at radius 2 is 2.27 bits per heavy atom. The summed E-state index contributed by atoms with van der Waals surface area (Å²) in [7, 11) is -4.68. The number of phosphoric ester groups is 1. The van der Waals surface area contributed by atoms with Gasteiger partial charge in [-0.25, -0.2) is 9.36 Å². The van der Waals surface area contributed by atoms with E-state index in [0.717, 1.165) is 4.57 Å². The van der Waals surface area contributed by atoms with Gasteiger partial charge < -0.3 is 19.6 Å². The molecule has 0 saturated carbocycles. The van der Waals surface area contributed by atoms with Crippen LogP contribution < -0.4 is 11.2 Å². The number of nitrogens with zero attached hydrogens (tertiary/aromatic N) is 2. The van der Waals surface area contributed by atoms with Crippen LogP contribution in [0.3, 0.4) is 0 Å². The number of ether oxygens (including phenoxy) is 1. The number of aromatic nitrogens is 2. The number of rotatable bonds is 5. The number of nitrogens with one attached hydrogen (secondary N) is 1. The molecule has 0 aromatic carbocycles. The van der Waals surface area contributed by atoms with Crippen LogP contribution in [0.4, 0.5) is 5.82 Å². The van der Waals surface area contributed by atoms with Gasteiger partial charge >= 0.3 is 13.5 Å². The van der Waals surface area contributed by atoms with Crippen molar-refractivity contribution in [3.05, 3.63) is 21.2 Å². The van der Waals surface area contributed by atoms with Crippen molar-refractivity contribution >= 4 is 29.6 Å². The van der Waals surface area contributed by atoms with Gasteiger partial charge in [-0.05, 0) is 15.9 Å². The van der Waals surface area contributed by atoms with Gasteiger partial charge in [-0.1, -0.05) is 0 Å². The van der Waals surface area contributed by atoms with E-state index in [9.17, 15) is 14.5 Å². The van der Waals surface area contributed by atoms with Gasteiger partial charge in [0.2, 0.25) is 0 Å². The van der Waals surface area contributed by atoms with Crippen molar-refractivity contribution in [2.24, 2.45) is 0 Å². The van der Waals surface area contributed by atoms with Crippen LogP contribution in [-0.2, 0) is 13.8 Å². The second kappa shape index (κ2) is 6.72. The Morgan fingerprint density at radius 1 is 1.59 bits per heavy atom. The van der Waals surface area contributed by atoms with Crippen LogP contribution in [0.1, 0.15) is 12.6 Å². The molecule has 13 heteroatoms. The van der Waals surface area contributed by atoms with E-state index >= 15 is 0 Å². The van der Waals surface area contributed by atoms with Gasteiger partial charge in [-0.2, -0.15) is 4.98 Å². The third-order valence-corrected chi connectivity index (χ3v) is 4.00.